The van der Waals surface area contributed by atoms with Crippen LogP contribution in [0.4, 0.5) is 11.4 Å². The summed E-state index contributed by atoms with van der Waals surface area (Å²) in [7, 11) is 0. The maximum Gasteiger partial charge on any atom is 0.255 e. The van der Waals surface area contributed by atoms with Crippen LogP contribution in [0.15, 0.2) is 77.7 Å². The highest BCUT2D eigenvalue weighted by molar-refractivity contribution is 8.00. The van der Waals surface area contributed by atoms with Crippen molar-refractivity contribution in [2.24, 2.45) is 0 Å². The van der Waals surface area contributed by atoms with Crippen molar-refractivity contribution in [1.29, 1.82) is 0 Å². The van der Waals surface area contributed by atoms with Crippen molar-refractivity contribution in [2.75, 3.05) is 10.6 Å². The van der Waals surface area contributed by atoms with Crippen LogP contribution >= 0.6 is 23.4 Å². The van der Waals surface area contributed by atoms with Crippen molar-refractivity contribution in [3.05, 3.63) is 88.9 Å². The molecule has 0 aliphatic heterocycles. The highest BCUT2D eigenvalue weighted by Crippen LogP contribution is 2.26. The molecule has 6 heteroatoms. The molecular formula is C23H21ClN2O2S. The lowest BCUT2D eigenvalue weighted by molar-refractivity contribution is -0.115. The maximum atomic E-state index is 12.4. The third kappa shape index (κ3) is 6.11. The lowest BCUT2D eigenvalue weighted by Crippen LogP contribution is -2.22. The van der Waals surface area contributed by atoms with Crippen molar-refractivity contribution >= 4 is 46.6 Å². The molecule has 148 valence electrons. The van der Waals surface area contributed by atoms with Crippen LogP contribution in [-0.4, -0.2) is 17.1 Å². The molecule has 0 aromatic heterocycles. The van der Waals surface area contributed by atoms with E-state index in [9.17, 15) is 9.59 Å². The normalized spacial score (nSPS) is 11.6. The Labute approximate surface area is 179 Å². The van der Waals surface area contributed by atoms with Crippen molar-refractivity contribution in [1.82, 2.24) is 0 Å². The summed E-state index contributed by atoms with van der Waals surface area (Å²) in [5.74, 6) is -0.282. The molecule has 4 nitrogen and oxygen atoms in total. The zero-order valence-electron chi connectivity index (χ0n) is 16.1. The third-order valence-corrected chi connectivity index (χ3v) is 5.55. The molecular weight excluding hydrogens is 404 g/mol. The Morgan fingerprint density at radius 3 is 2.17 bits per heavy atom. The zero-order chi connectivity index (χ0) is 20.8. The predicted octanol–water partition coefficient (Wildman–Crippen LogP) is 6.02. The lowest BCUT2D eigenvalue weighted by atomic mass is 10.2. The molecule has 3 aromatic rings. The first-order valence-electron chi connectivity index (χ1n) is 9.12. The number of hydrogen-bond donors (Lipinski definition) is 2. The van der Waals surface area contributed by atoms with Gasteiger partial charge < -0.3 is 10.6 Å². The quantitative estimate of drug-likeness (QED) is 0.475. The van der Waals surface area contributed by atoms with E-state index in [1.165, 1.54) is 11.8 Å². The van der Waals surface area contributed by atoms with Crippen LogP contribution in [0.2, 0.25) is 5.02 Å². The van der Waals surface area contributed by atoms with E-state index in [0.717, 1.165) is 16.1 Å². The predicted molar refractivity (Wildman–Crippen MR) is 121 cm³/mol. The fourth-order valence-corrected chi connectivity index (χ4v) is 3.65. The summed E-state index contributed by atoms with van der Waals surface area (Å²) in [6, 6.07) is 21.9. The Kier molecular flexibility index (Phi) is 6.96. The molecule has 0 radical (unpaired) electrons. The first-order chi connectivity index (χ1) is 13.9. The minimum Gasteiger partial charge on any atom is -0.325 e. The van der Waals surface area contributed by atoms with Gasteiger partial charge in [0.25, 0.3) is 5.91 Å². The number of hydrogen-bond acceptors (Lipinski definition) is 3. The first-order valence-corrected chi connectivity index (χ1v) is 10.4. The molecule has 29 heavy (non-hydrogen) atoms. The van der Waals surface area contributed by atoms with E-state index in [1.54, 1.807) is 24.3 Å². The molecule has 2 N–H and O–H groups in total. The number of nitrogens with one attached hydrogen (secondary N) is 2. The van der Waals surface area contributed by atoms with E-state index in [0.29, 0.717) is 16.3 Å². The van der Waals surface area contributed by atoms with Gasteiger partial charge in [0.15, 0.2) is 0 Å². The van der Waals surface area contributed by atoms with E-state index in [4.69, 9.17) is 11.6 Å². The molecule has 0 fully saturated rings. The highest BCUT2D eigenvalue weighted by Gasteiger charge is 2.15. The number of benzene rings is 3. The standard InChI is InChI=1S/C23H21ClN2O2S/c1-15-6-8-19(9-7-15)25-22(27)16(2)29-21-12-10-20(11-13-21)26-23(28)17-4-3-5-18(24)14-17/h3-14,16H,1-2H3,(H,25,27)(H,26,28). The van der Waals surface area contributed by atoms with Gasteiger partial charge in [-0.3, -0.25) is 9.59 Å². The number of rotatable bonds is 6. The van der Waals surface area contributed by atoms with Crippen LogP contribution in [0.25, 0.3) is 0 Å². The second-order valence-electron chi connectivity index (χ2n) is 6.60. The Morgan fingerprint density at radius 1 is 0.897 bits per heavy atom. The molecule has 1 unspecified atom stereocenters. The van der Waals surface area contributed by atoms with Gasteiger partial charge in [0.05, 0.1) is 5.25 Å². The monoisotopic (exact) mass is 424 g/mol. The summed E-state index contributed by atoms with van der Waals surface area (Å²) in [6.07, 6.45) is 0. The molecule has 3 aromatic carbocycles. The number of amides is 2. The molecule has 2 amide bonds. The second-order valence-corrected chi connectivity index (χ2v) is 8.45. The van der Waals surface area contributed by atoms with Crippen LogP contribution < -0.4 is 10.6 Å². The zero-order valence-corrected chi connectivity index (χ0v) is 17.7. The molecule has 0 heterocycles. The fraction of sp³-hybridized carbons (Fsp3) is 0.130. The van der Waals surface area contributed by atoms with E-state index in [2.05, 4.69) is 10.6 Å². The number of halogens is 1. The lowest BCUT2D eigenvalue weighted by Gasteiger charge is -2.13. The number of carbonyl (C=O) groups excluding carboxylic acids is 2. The first kappa shape index (κ1) is 21.0. The molecule has 0 aliphatic carbocycles. The van der Waals surface area contributed by atoms with Crippen LogP contribution in [0.5, 0.6) is 0 Å². The van der Waals surface area contributed by atoms with Crippen LogP contribution in [0.3, 0.4) is 0 Å². The fourth-order valence-electron chi connectivity index (χ4n) is 2.59. The molecule has 0 saturated carbocycles. The van der Waals surface area contributed by atoms with Crippen molar-refractivity contribution in [3.8, 4) is 0 Å². The smallest absolute Gasteiger partial charge is 0.255 e. The van der Waals surface area contributed by atoms with Crippen LogP contribution in [-0.2, 0) is 4.79 Å². The molecule has 1 atom stereocenters. The topological polar surface area (TPSA) is 58.2 Å². The summed E-state index contributed by atoms with van der Waals surface area (Å²) in [4.78, 5) is 25.6. The highest BCUT2D eigenvalue weighted by atomic mass is 35.5. The van der Waals surface area contributed by atoms with Crippen LogP contribution in [0, 0.1) is 6.92 Å². The number of aryl methyl sites for hydroxylation is 1. The number of anilines is 2. The van der Waals surface area contributed by atoms with Gasteiger partial charge in [0.2, 0.25) is 5.91 Å². The summed E-state index contributed by atoms with van der Waals surface area (Å²) >= 11 is 7.39. The Hall–Kier alpha value is -2.76. The van der Waals surface area contributed by atoms with Gasteiger partial charge in [-0.2, -0.15) is 0 Å². The Morgan fingerprint density at radius 2 is 1.52 bits per heavy atom. The van der Waals surface area contributed by atoms with Gasteiger partial charge in [0, 0.05) is 26.9 Å². The minimum atomic E-state index is -0.261. The van der Waals surface area contributed by atoms with Gasteiger partial charge in [0.1, 0.15) is 0 Å². The summed E-state index contributed by atoms with van der Waals surface area (Å²) < 4.78 is 0. The van der Waals surface area contributed by atoms with E-state index < -0.39 is 0 Å². The van der Waals surface area contributed by atoms with E-state index in [1.807, 2.05) is 62.4 Å². The Bertz CT molecular complexity index is 1000. The molecule has 0 bridgehead atoms. The number of thioether (sulfide) groups is 1. The third-order valence-electron chi connectivity index (χ3n) is 4.20. The van der Waals surface area contributed by atoms with Gasteiger partial charge in [-0.25, -0.2) is 0 Å². The average molecular weight is 425 g/mol. The van der Waals surface area contributed by atoms with Crippen molar-refractivity contribution in [2.45, 2.75) is 24.0 Å². The van der Waals surface area contributed by atoms with Gasteiger partial charge in [-0.1, -0.05) is 35.4 Å². The van der Waals surface area contributed by atoms with Crippen molar-refractivity contribution in [3.63, 3.8) is 0 Å². The average Bonchev–Trinajstić information content (AvgIpc) is 2.71. The molecule has 3 rings (SSSR count). The second kappa shape index (κ2) is 9.63. The summed E-state index contributed by atoms with van der Waals surface area (Å²) in [5.41, 5.74) is 3.11. The number of carbonyl (C=O) groups is 2. The van der Waals surface area contributed by atoms with E-state index in [-0.39, 0.29) is 17.1 Å². The SMILES string of the molecule is Cc1ccc(NC(=O)C(C)Sc2ccc(NC(=O)c3cccc(Cl)c3)cc2)cc1. The largest absolute Gasteiger partial charge is 0.325 e. The summed E-state index contributed by atoms with van der Waals surface area (Å²) in [6.45, 7) is 3.87. The molecule has 0 spiro atoms. The van der Waals surface area contributed by atoms with Crippen molar-refractivity contribution < 1.29 is 9.59 Å². The van der Waals surface area contributed by atoms with Gasteiger partial charge in [-0.15, -0.1) is 11.8 Å². The van der Waals surface area contributed by atoms with Crippen LogP contribution in [0.1, 0.15) is 22.8 Å². The molecule has 0 saturated heterocycles. The summed E-state index contributed by atoms with van der Waals surface area (Å²) in [5, 5.41) is 6.02. The Balaban J connectivity index is 1.56. The van der Waals surface area contributed by atoms with Gasteiger partial charge in [-0.05, 0) is 68.4 Å². The van der Waals surface area contributed by atoms with Gasteiger partial charge >= 0.3 is 0 Å². The molecule has 0 aliphatic rings. The minimum absolute atomic E-state index is 0.0582. The van der Waals surface area contributed by atoms with E-state index >= 15 is 0 Å². The maximum absolute atomic E-state index is 12.4.